The Labute approximate surface area is 407 Å². The lowest BCUT2D eigenvalue weighted by molar-refractivity contribution is -0.384. The van der Waals surface area contributed by atoms with Gasteiger partial charge in [0.2, 0.25) is 5.79 Å². The van der Waals surface area contributed by atoms with Crippen LogP contribution in [0, 0.1) is 40.6 Å². The number of hydrogen-bond acceptors (Lipinski definition) is 12. The van der Waals surface area contributed by atoms with E-state index in [1.54, 1.807) is 18.2 Å². The predicted molar refractivity (Wildman–Crippen MR) is 261 cm³/mol. The molecule has 2 heterocycles. The molecule has 0 bridgehead atoms. The van der Waals surface area contributed by atoms with Gasteiger partial charge in [-0.25, -0.2) is 9.18 Å². The van der Waals surface area contributed by atoms with Crippen LogP contribution in [0.2, 0.25) is 0 Å². The van der Waals surface area contributed by atoms with Crippen molar-refractivity contribution in [2.45, 2.75) is 89.4 Å². The number of fused-ring (bicyclic) bond motifs is 2. The lowest BCUT2D eigenvalue weighted by Gasteiger charge is -2.59. The monoisotopic (exact) mass is 954 g/mol. The fourth-order valence-corrected chi connectivity index (χ4v) is 10.2. The summed E-state index contributed by atoms with van der Waals surface area (Å²) in [5.41, 5.74) is 5.21. The van der Waals surface area contributed by atoms with Crippen LogP contribution in [0.1, 0.15) is 78.9 Å². The highest BCUT2D eigenvalue weighted by Crippen LogP contribution is 2.62. The molecule has 3 aliphatic rings. The van der Waals surface area contributed by atoms with Gasteiger partial charge in [0, 0.05) is 55.5 Å². The number of aryl methyl sites for hydroxylation is 1. The molecule has 70 heavy (non-hydrogen) atoms. The molecule has 0 spiro atoms. The number of unbranched alkanes of at least 4 members (excludes halogenated alkanes) is 2. The van der Waals surface area contributed by atoms with Crippen LogP contribution in [0.5, 0.6) is 17.2 Å². The Kier molecular flexibility index (Phi) is 16.3. The SMILES string of the molecule is C=CCOC12Oc3ccc(OCc4cccc(C)n4)cc3C3C(CCCCO)C(CCCCO)C=C(C(=NOCc4ccccc4)CC1N(Cc1ccc(F)cc1)C(=O)Oc1ccc([N+](=O)[O-])cc1)C32. The minimum Gasteiger partial charge on any atom is -0.487 e. The molecule has 0 radical (unpaired) electrons. The average molecular weight is 955 g/mol. The molecular formula is C55H59FN4O10. The number of amides is 1. The van der Waals surface area contributed by atoms with E-state index in [-0.39, 0.29) is 75.2 Å². The van der Waals surface area contributed by atoms with Gasteiger partial charge in [-0.3, -0.25) is 20.0 Å². The van der Waals surface area contributed by atoms with Gasteiger partial charge in [-0.2, -0.15) is 0 Å². The molecule has 1 amide bonds. The molecule has 1 saturated carbocycles. The van der Waals surface area contributed by atoms with Gasteiger partial charge in [0.1, 0.15) is 42.3 Å². The quantitative estimate of drug-likeness (QED) is 0.0292. The van der Waals surface area contributed by atoms with E-state index in [1.807, 2.05) is 73.7 Å². The summed E-state index contributed by atoms with van der Waals surface area (Å²) < 4.78 is 41.5. The summed E-state index contributed by atoms with van der Waals surface area (Å²) >= 11 is 0. The van der Waals surface area contributed by atoms with Crippen molar-refractivity contribution in [2.24, 2.45) is 22.9 Å². The van der Waals surface area contributed by atoms with E-state index in [4.69, 9.17) is 28.9 Å². The van der Waals surface area contributed by atoms with Crippen molar-refractivity contribution in [3.05, 3.63) is 184 Å². The van der Waals surface area contributed by atoms with Crippen LogP contribution in [-0.4, -0.2) is 68.5 Å². The minimum absolute atomic E-state index is 0.0148. The van der Waals surface area contributed by atoms with Crippen LogP contribution in [0.3, 0.4) is 0 Å². The average Bonchev–Trinajstić information content (AvgIpc) is 3.36. The smallest absolute Gasteiger partial charge is 0.416 e. The number of carbonyl (C=O) groups excluding carboxylic acids is 1. The minimum atomic E-state index is -1.65. The van der Waals surface area contributed by atoms with E-state index in [1.165, 1.54) is 41.3 Å². The Hall–Kier alpha value is -6.94. The molecule has 1 aromatic heterocycles. The second-order valence-corrected chi connectivity index (χ2v) is 18.0. The van der Waals surface area contributed by atoms with Gasteiger partial charge in [-0.1, -0.05) is 78.7 Å². The van der Waals surface area contributed by atoms with Crippen molar-refractivity contribution in [1.29, 1.82) is 0 Å². The Morgan fingerprint density at radius 2 is 1.67 bits per heavy atom. The number of aromatic nitrogens is 1. The summed E-state index contributed by atoms with van der Waals surface area (Å²) in [5.74, 6) is -2.02. The topological polar surface area (TPSA) is 175 Å². The van der Waals surface area contributed by atoms with E-state index in [9.17, 15) is 24.7 Å². The Balaban J connectivity index is 1.32. The number of non-ortho nitro benzene ring substituents is 1. The summed E-state index contributed by atoms with van der Waals surface area (Å²) in [4.78, 5) is 38.5. The molecule has 4 aromatic carbocycles. The van der Waals surface area contributed by atoms with Crippen molar-refractivity contribution in [2.75, 3.05) is 19.8 Å². The number of halogens is 1. The van der Waals surface area contributed by atoms with Gasteiger partial charge >= 0.3 is 6.09 Å². The summed E-state index contributed by atoms with van der Waals surface area (Å²) in [7, 11) is 0. The molecule has 8 rings (SSSR count). The highest BCUT2D eigenvalue weighted by atomic mass is 19.1. The van der Waals surface area contributed by atoms with Crippen LogP contribution in [-0.2, 0) is 29.3 Å². The molecule has 6 atom stereocenters. The lowest BCUT2D eigenvalue weighted by atomic mass is 9.55. The third-order valence-corrected chi connectivity index (χ3v) is 13.4. The summed E-state index contributed by atoms with van der Waals surface area (Å²) in [6.45, 7) is 6.35. The zero-order valence-electron chi connectivity index (χ0n) is 39.2. The Morgan fingerprint density at radius 1 is 0.929 bits per heavy atom. The van der Waals surface area contributed by atoms with Gasteiger partial charge < -0.3 is 34.0 Å². The fraction of sp³-hybridized carbons (Fsp3) is 0.364. The number of allylic oxidation sites excluding steroid dienone is 1. The van der Waals surface area contributed by atoms with Crippen LogP contribution in [0.4, 0.5) is 14.9 Å². The number of aliphatic hydroxyl groups is 2. The largest absolute Gasteiger partial charge is 0.487 e. The number of nitro groups is 1. The molecule has 14 nitrogen and oxygen atoms in total. The maximum Gasteiger partial charge on any atom is 0.416 e. The van der Waals surface area contributed by atoms with Gasteiger partial charge in [0.15, 0.2) is 0 Å². The molecule has 1 fully saturated rings. The Morgan fingerprint density at radius 3 is 2.39 bits per heavy atom. The molecule has 1 aliphatic heterocycles. The first-order valence-electron chi connectivity index (χ1n) is 23.9. The maximum atomic E-state index is 15.1. The van der Waals surface area contributed by atoms with Crippen molar-refractivity contribution in [3.63, 3.8) is 0 Å². The summed E-state index contributed by atoms with van der Waals surface area (Å²) in [6.07, 6.45) is 7.27. The number of rotatable bonds is 22. The molecular weight excluding hydrogens is 896 g/mol. The van der Waals surface area contributed by atoms with Gasteiger partial charge in [0.05, 0.1) is 28.9 Å². The number of carbonyl (C=O) groups is 1. The maximum absolute atomic E-state index is 15.1. The normalized spacial score (nSPS) is 21.6. The van der Waals surface area contributed by atoms with E-state index >= 15 is 4.79 Å². The van der Waals surface area contributed by atoms with E-state index in [2.05, 4.69) is 17.6 Å². The third-order valence-electron chi connectivity index (χ3n) is 13.4. The number of aliphatic hydroxyl groups excluding tert-OH is 2. The molecule has 2 aliphatic carbocycles. The summed E-state index contributed by atoms with van der Waals surface area (Å²) in [6, 6.07) is 31.2. The first-order valence-corrected chi connectivity index (χ1v) is 23.9. The van der Waals surface area contributed by atoms with Gasteiger partial charge in [0.25, 0.3) is 5.69 Å². The van der Waals surface area contributed by atoms with Crippen molar-refractivity contribution >= 4 is 17.5 Å². The van der Waals surface area contributed by atoms with Crippen molar-refractivity contribution in [3.8, 4) is 17.2 Å². The van der Waals surface area contributed by atoms with Gasteiger partial charge in [-0.15, -0.1) is 6.58 Å². The predicted octanol–water partition coefficient (Wildman–Crippen LogP) is 10.6. The zero-order chi connectivity index (χ0) is 49.0. The molecule has 5 aromatic rings. The van der Waals surface area contributed by atoms with Crippen molar-refractivity contribution < 1.29 is 48.1 Å². The van der Waals surface area contributed by atoms with Crippen LogP contribution >= 0.6 is 0 Å². The Bertz CT molecular complexity index is 2650. The number of nitro benzene ring substituents is 1. The van der Waals surface area contributed by atoms with Crippen molar-refractivity contribution in [1.82, 2.24) is 9.88 Å². The number of nitrogens with zero attached hydrogens (tertiary/aromatic N) is 4. The number of oxime groups is 1. The molecule has 366 valence electrons. The first-order chi connectivity index (χ1) is 34.1. The lowest BCUT2D eigenvalue weighted by Crippen LogP contribution is -2.70. The molecule has 0 saturated heterocycles. The third kappa shape index (κ3) is 11.4. The number of pyridine rings is 1. The number of benzene rings is 4. The van der Waals surface area contributed by atoms with Crippen LogP contribution in [0.25, 0.3) is 0 Å². The number of ether oxygens (including phenoxy) is 4. The molecule has 6 unspecified atom stereocenters. The van der Waals surface area contributed by atoms with E-state index in [0.717, 1.165) is 47.4 Å². The zero-order valence-corrected chi connectivity index (χ0v) is 39.2. The number of hydrogen-bond donors (Lipinski definition) is 2. The summed E-state index contributed by atoms with van der Waals surface area (Å²) in [5, 5.41) is 36.5. The standard InChI is InChI=1S/C55H59FN4O10/c1-3-30-67-55-51(59(34-38-18-20-41(56)21-19-38)54(63)69-44-24-22-43(23-25-44)60(64)65)33-49(58-68-35-39-13-5-4-6-14-39)47-31-40(15-7-9-28-61)46(17-8-10-29-62)52(53(47)55)48-32-45(26-27-50(48)70-55)66-36-42-16-11-12-37(2)57-42/h3-6,11-14,16,18-27,31-32,40,46,51-53,61-62H,1,7-10,15,17,28-30,33-36H2,2H3. The van der Waals surface area contributed by atoms with Crippen LogP contribution < -0.4 is 14.2 Å². The van der Waals surface area contributed by atoms with E-state index < -0.39 is 34.6 Å². The van der Waals surface area contributed by atoms with Crippen LogP contribution in [0.15, 0.2) is 145 Å². The highest BCUT2D eigenvalue weighted by molar-refractivity contribution is 6.03. The second-order valence-electron chi connectivity index (χ2n) is 18.0. The first kappa shape index (κ1) is 49.5. The second kappa shape index (κ2) is 23.1. The van der Waals surface area contributed by atoms with E-state index in [0.29, 0.717) is 42.0 Å². The fourth-order valence-electron chi connectivity index (χ4n) is 10.2. The molecule has 2 N–H and O–H groups in total. The highest BCUT2D eigenvalue weighted by Gasteiger charge is 2.65. The molecule has 15 heteroatoms. The van der Waals surface area contributed by atoms with Gasteiger partial charge in [-0.05, 0) is 116 Å².